The van der Waals surface area contributed by atoms with Crippen molar-refractivity contribution in [3.05, 3.63) is 89.0 Å². The summed E-state index contributed by atoms with van der Waals surface area (Å²) < 4.78 is 130. The van der Waals surface area contributed by atoms with Crippen molar-refractivity contribution in [2.45, 2.75) is 71.0 Å². The minimum absolute atomic E-state index is 0.275. The van der Waals surface area contributed by atoms with Crippen LogP contribution in [0, 0.1) is 32.1 Å². The maximum atomic E-state index is 13.0. The van der Waals surface area contributed by atoms with Gasteiger partial charge in [0, 0.05) is 26.4 Å². The molecule has 5 rings (SSSR count). The third kappa shape index (κ3) is 14.8. The highest BCUT2D eigenvalue weighted by Gasteiger charge is 2.37. The SMILES string of the molecule is CC#N.Cc1ccc(C2CCCN2)cc1.Cc1ccc(C2CCCN2S(=O)(=O)F)cc1.Cc1n(S(=O)(=O)F)cc[n+]1C.O=S(=O)([O-])C(F)(F)F. The highest BCUT2D eigenvalue weighted by atomic mass is 32.3. The van der Waals surface area contributed by atoms with E-state index in [1.807, 2.05) is 31.2 Å². The van der Waals surface area contributed by atoms with E-state index < -0.39 is 36.4 Å². The molecule has 1 aromatic heterocycles. The topological polar surface area (TPSA) is 173 Å². The molecular formula is C30H40F5N5O7S3. The highest BCUT2D eigenvalue weighted by molar-refractivity contribution is 7.86. The summed E-state index contributed by atoms with van der Waals surface area (Å²) in [5.74, 6) is 0.326. The van der Waals surface area contributed by atoms with Crippen molar-refractivity contribution in [3.8, 4) is 6.07 Å². The van der Waals surface area contributed by atoms with Gasteiger partial charge in [0.25, 0.3) is 5.82 Å². The van der Waals surface area contributed by atoms with Gasteiger partial charge in [-0.3, -0.25) is 0 Å². The first-order valence-corrected chi connectivity index (χ1v) is 18.9. The van der Waals surface area contributed by atoms with Gasteiger partial charge < -0.3 is 9.87 Å². The van der Waals surface area contributed by atoms with Gasteiger partial charge in [-0.1, -0.05) is 71.4 Å². The zero-order valence-corrected chi connectivity index (χ0v) is 30.4. The molecule has 2 aromatic carbocycles. The van der Waals surface area contributed by atoms with E-state index in [2.05, 4.69) is 36.5 Å². The van der Waals surface area contributed by atoms with Crippen LogP contribution in [0.3, 0.4) is 0 Å². The molecule has 2 aliphatic rings. The number of hydrogen-bond donors (Lipinski definition) is 1. The molecule has 0 radical (unpaired) electrons. The fourth-order valence-electron chi connectivity index (χ4n) is 4.65. The number of benzene rings is 2. The summed E-state index contributed by atoms with van der Waals surface area (Å²) in [5, 5.41) is 10.8. The number of nitrogens with one attached hydrogen (secondary N) is 1. The molecule has 50 heavy (non-hydrogen) atoms. The van der Waals surface area contributed by atoms with E-state index in [0.29, 0.717) is 28.7 Å². The lowest BCUT2D eigenvalue weighted by molar-refractivity contribution is -0.676. The van der Waals surface area contributed by atoms with E-state index in [1.165, 1.54) is 55.1 Å². The van der Waals surface area contributed by atoms with Crippen LogP contribution in [0.2, 0.25) is 0 Å². The molecule has 1 N–H and O–H groups in total. The zero-order chi connectivity index (χ0) is 38.5. The van der Waals surface area contributed by atoms with E-state index in [-0.39, 0.29) is 12.6 Å². The summed E-state index contributed by atoms with van der Waals surface area (Å²) in [4.78, 5) is 0. The van der Waals surface area contributed by atoms with Crippen molar-refractivity contribution in [2.24, 2.45) is 7.05 Å². The second-order valence-electron chi connectivity index (χ2n) is 11.0. The number of nitrogens with zero attached hydrogens (tertiary/aromatic N) is 4. The Labute approximate surface area is 290 Å². The summed E-state index contributed by atoms with van der Waals surface area (Å²) in [6.45, 7) is 8.49. The van der Waals surface area contributed by atoms with Crippen LogP contribution in [-0.4, -0.2) is 56.7 Å². The number of imidazole rings is 1. The second-order valence-corrected chi connectivity index (χ2v) is 14.9. The largest absolute Gasteiger partial charge is 0.741 e. The Balaban J connectivity index is 0.000000333. The summed E-state index contributed by atoms with van der Waals surface area (Å²) in [6, 6.07) is 18.4. The van der Waals surface area contributed by atoms with E-state index in [4.69, 9.17) is 18.2 Å². The van der Waals surface area contributed by atoms with Crippen molar-refractivity contribution >= 4 is 30.9 Å². The smallest absolute Gasteiger partial charge is 0.485 e. The Morgan fingerprint density at radius 3 is 1.64 bits per heavy atom. The lowest BCUT2D eigenvalue weighted by atomic mass is 10.0. The van der Waals surface area contributed by atoms with Gasteiger partial charge in [-0.25, -0.2) is 13.0 Å². The Morgan fingerprint density at radius 1 is 0.860 bits per heavy atom. The molecule has 0 aliphatic carbocycles. The zero-order valence-electron chi connectivity index (χ0n) is 27.9. The maximum absolute atomic E-state index is 13.0. The number of aryl methyl sites for hydroxylation is 3. The molecule has 2 unspecified atom stereocenters. The highest BCUT2D eigenvalue weighted by Crippen LogP contribution is 2.34. The van der Waals surface area contributed by atoms with Crippen molar-refractivity contribution in [1.29, 1.82) is 5.26 Å². The lowest BCUT2D eigenvalue weighted by Crippen LogP contribution is -2.30. The predicted octanol–water partition coefficient (Wildman–Crippen LogP) is 5.03. The third-order valence-corrected chi connectivity index (χ3v) is 9.68. The van der Waals surface area contributed by atoms with E-state index in [9.17, 15) is 37.8 Å². The summed E-state index contributed by atoms with van der Waals surface area (Å²) >= 11 is 0. The van der Waals surface area contributed by atoms with Crippen LogP contribution in [0.4, 0.5) is 20.9 Å². The molecule has 0 saturated carbocycles. The Bertz CT molecular complexity index is 1870. The fourth-order valence-corrected chi connectivity index (χ4v) is 6.18. The molecule has 0 bridgehead atoms. The van der Waals surface area contributed by atoms with Gasteiger partial charge >= 0.3 is 26.3 Å². The molecule has 280 valence electrons. The number of alkyl halides is 3. The van der Waals surface area contributed by atoms with Crippen LogP contribution in [0.5, 0.6) is 0 Å². The molecule has 20 heteroatoms. The average Bonchev–Trinajstić information content (AvgIpc) is 3.77. The van der Waals surface area contributed by atoms with E-state index in [1.54, 1.807) is 13.1 Å². The Kier molecular flexibility index (Phi) is 17.1. The number of rotatable bonds is 4. The molecule has 2 saturated heterocycles. The van der Waals surface area contributed by atoms with E-state index >= 15 is 0 Å². The Morgan fingerprint density at radius 2 is 1.32 bits per heavy atom. The van der Waals surface area contributed by atoms with Gasteiger partial charge in [0.1, 0.15) is 12.4 Å². The monoisotopic (exact) mass is 773 g/mol. The van der Waals surface area contributed by atoms with Crippen LogP contribution in [0.1, 0.15) is 72.8 Å². The standard InChI is InChI=1S/C11H14FNO2S.C11H15N.C5H8FN2O2S.C2H3N.CHF3O3S/c1-9-4-6-10(7-5-9)11-3-2-8-13(11)16(12,14)15;1-9-4-6-10(7-5-9)11-3-2-8-12-11;1-5-7(2)3-4-8(5)11(6,9)10;1-2-3;2-1(3,4)8(5,6)7/h4-7,11H,2-3,8H2,1H3;4-7,11-12H,2-3,8H2,1H3;3-4H,1-2H3;1H3;(H,5,6,7)/q;;+1;;/p-1. The first-order chi connectivity index (χ1) is 22.9. The number of hydrogen-bond acceptors (Lipinski definition) is 9. The quantitative estimate of drug-likeness (QED) is 0.125. The van der Waals surface area contributed by atoms with Gasteiger partial charge in [-0.15, -0.1) is 0 Å². The summed E-state index contributed by atoms with van der Waals surface area (Å²) in [6.07, 6.45) is 6.63. The first-order valence-electron chi connectivity index (χ1n) is 14.8. The third-order valence-electron chi connectivity index (χ3n) is 7.26. The minimum atomic E-state index is -6.09. The van der Waals surface area contributed by atoms with Crippen LogP contribution in [-0.2, 0) is 38.0 Å². The van der Waals surface area contributed by atoms with Crippen LogP contribution in [0.25, 0.3) is 0 Å². The second kappa shape index (κ2) is 19.2. The van der Waals surface area contributed by atoms with Crippen molar-refractivity contribution in [2.75, 3.05) is 13.1 Å². The normalized spacial score (nSPS) is 17.7. The molecular weight excluding hydrogens is 734 g/mol. The van der Waals surface area contributed by atoms with E-state index in [0.717, 1.165) is 21.6 Å². The van der Waals surface area contributed by atoms with Crippen LogP contribution < -0.4 is 9.88 Å². The molecule has 3 aromatic rings. The molecule has 2 aliphatic heterocycles. The fraction of sp³-hybridized carbons (Fsp3) is 0.467. The van der Waals surface area contributed by atoms with Gasteiger partial charge in [-0.2, -0.15) is 39.6 Å². The number of nitriles is 1. The van der Waals surface area contributed by atoms with Crippen molar-refractivity contribution in [1.82, 2.24) is 13.6 Å². The van der Waals surface area contributed by atoms with Crippen molar-refractivity contribution in [3.63, 3.8) is 0 Å². The molecule has 12 nitrogen and oxygen atoms in total. The van der Waals surface area contributed by atoms with Crippen LogP contribution >= 0.6 is 0 Å². The molecule has 3 heterocycles. The lowest BCUT2D eigenvalue weighted by Gasteiger charge is -2.20. The van der Waals surface area contributed by atoms with Gasteiger partial charge in [-0.05, 0) is 57.2 Å². The number of halogens is 5. The summed E-state index contributed by atoms with van der Waals surface area (Å²) in [7, 11) is -13.6. The summed E-state index contributed by atoms with van der Waals surface area (Å²) in [5.41, 5.74) is -0.886. The number of aromatic nitrogens is 2. The van der Waals surface area contributed by atoms with Gasteiger partial charge in [0.15, 0.2) is 10.1 Å². The molecule has 2 fully saturated rings. The average molecular weight is 774 g/mol. The molecule has 0 spiro atoms. The van der Waals surface area contributed by atoms with Crippen LogP contribution in [0.15, 0.2) is 60.9 Å². The Hall–Kier alpha value is -3.48. The maximum Gasteiger partial charge on any atom is 0.485 e. The van der Waals surface area contributed by atoms with Gasteiger partial charge in [0.2, 0.25) is 0 Å². The first kappa shape index (κ1) is 44.5. The van der Waals surface area contributed by atoms with Crippen molar-refractivity contribution < 1.29 is 55.3 Å². The predicted molar refractivity (Wildman–Crippen MR) is 174 cm³/mol. The molecule has 0 amide bonds. The minimum Gasteiger partial charge on any atom is -0.741 e. The van der Waals surface area contributed by atoms with Gasteiger partial charge in [0.05, 0.1) is 19.2 Å². The molecule has 2 atom stereocenters.